The molecule has 0 fully saturated rings. The van der Waals surface area contributed by atoms with Crippen molar-refractivity contribution in [1.29, 1.82) is 0 Å². The van der Waals surface area contributed by atoms with E-state index in [1.165, 1.54) is 0 Å². The van der Waals surface area contributed by atoms with Gasteiger partial charge in [0.1, 0.15) is 0 Å². The van der Waals surface area contributed by atoms with Crippen LogP contribution >= 0.6 is 0 Å². The molecule has 0 heterocycles. The molecule has 100 valence electrons. The van der Waals surface area contributed by atoms with Crippen molar-refractivity contribution in [1.82, 2.24) is 5.32 Å². The molecule has 0 bridgehead atoms. The van der Waals surface area contributed by atoms with Gasteiger partial charge in [-0.05, 0) is 25.8 Å². The van der Waals surface area contributed by atoms with Crippen LogP contribution < -0.4 is 11.1 Å². The Labute approximate surface area is 104 Å². The standard InChI is InChI=1S/C12H16F2N2O2/c1-7(17)3-2-4-16-12(18)8-5-9(13)10(14)6-11(8)15/h5-7,17H,2-4,15H2,1H3,(H,16,18). The fourth-order valence-corrected chi connectivity index (χ4v) is 1.45. The fraction of sp³-hybridized carbons (Fsp3) is 0.417. The van der Waals surface area contributed by atoms with E-state index in [0.29, 0.717) is 19.4 Å². The number of hydrogen-bond acceptors (Lipinski definition) is 3. The molecular weight excluding hydrogens is 242 g/mol. The summed E-state index contributed by atoms with van der Waals surface area (Å²) in [6, 6.07) is 1.55. The highest BCUT2D eigenvalue weighted by Gasteiger charge is 2.13. The van der Waals surface area contributed by atoms with Crippen LogP contribution in [0.5, 0.6) is 0 Å². The predicted molar refractivity (Wildman–Crippen MR) is 64.0 cm³/mol. The van der Waals surface area contributed by atoms with Gasteiger partial charge >= 0.3 is 0 Å². The summed E-state index contributed by atoms with van der Waals surface area (Å²) in [5.74, 6) is -2.76. The maximum absolute atomic E-state index is 13.0. The van der Waals surface area contributed by atoms with Gasteiger partial charge in [-0.15, -0.1) is 0 Å². The Morgan fingerprint density at radius 3 is 2.67 bits per heavy atom. The zero-order valence-corrected chi connectivity index (χ0v) is 10.0. The van der Waals surface area contributed by atoms with E-state index < -0.39 is 23.6 Å². The lowest BCUT2D eigenvalue weighted by Crippen LogP contribution is -2.26. The average Bonchev–Trinajstić information content (AvgIpc) is 2.28. The predicted octanol–water partition coefficient (Wildman–Crippen LogP) is 1.44. The van der Waals surface area contributed by atoms with E-state index in [-0.39, 0.29) is 11.3 Å². The molecule has 1 unspecified atom stereocenters. The lowest BCUT2D eigenvalue weighted by atomic mass is 10.1. The van der Waals surface area contributed by atoms with Crippen LogP contribution in [0.25, 0.3) is 0 Å². The number of aliphatic hydroxyl groups is 1. The van der Waals surface area contributed by atoms with Crippen LogP contribution in [0, 0.1) is 11.6 Å². The quantitative estimate of drug-likeness (QED) is 0.552. The van der Waals surface area contributed by atoms with Crippen LogP contribution in [0.15, 0.2) is 12.1 Å². The number of carbonyl (C=O) groups excluding carboxylic acids is 1. The second kappa shape index (κ2) is 6.30. The summed E-state index contributed by atoms with van der Waals surface area (Å²) in [5.41, 5.74) is 5.24. The smallest absolute Gasteiger partial charge is 0.253 e. The van der Waals surface area contributed by atoms with Crippen molar-refractivity contribution < 1.29 is 18.7 Å². The molecule has 4 nitrogen and oxygen atoms in total. The summed E-state index contributed by atoms with van der Waals surface area (Å²) in [7, 11) is 0. The number of amides is 1. The maximum Gasteiger partial charge on any atom is 0.253 e. The van der Waals surface area contributed by atoms with Crippen molar-refractivity contribution in [3.8, 4) is 0 Å². The number of rotatable bonds is 5. The van der Waals surface area contributed by atoms with Crippen LogP contribution in [-0.2, 0) is 0 Å². The van der Waals surface area contributed by atoms with Crippen molar-refractivity contribution >= 4 is 11.6 Å². The Hall–Kier alpha value is -1.69. The third kappa shape index (κ3) is 3.96. The molecule has 1 rings (SSSR count). The molecule has 0 aliphatic heterocycles. The van der Waals surface area contributed by atoms with Crippen LogP contribution in [0.1, 0.15) is 30.1 Å². The van der Waals surface area contributed by atoms with E-state index in [0.717, 1.165) is 12.1 Å². The molecule has 6 heteroatoms. The summed E-state index contributed by atoms with van der Waals surface area (Å²) >= 11 is 0. The Balaban J connectivity index is 2.59. The molecule has 0 spiro atoms. The minimum atomic E-state index is -1.11. The Bertz CT molecular complexity index is 436. The molecule has 0 saturated carbocycles. The molecule has 18 heavy (non-hydrogen) atoms. The molecule has 0 saturated heterocycles. The molecule has 1 atom stereocenters. The van der Waals surface area contributed by atoms with Gasteiger partial charge in [0.2, 0.25) is 0 Å². The number of anilines is 1. The summed E-state index contributed by atoms with van der Waals surface area (Å²) < 4.78 is 25.8. The van der Waals surface area contributed by atoms with E-state index in [4.69, 9.17) is 10.8 Å². The number of halogens is 2. The number of nitrogens with two attached hydrogens (primary N) is 1. The van der Waals surface area contributed by atoms with E-state index >= 15 is 0 Å². The minimum Gasteiger partial charge on any atom is -0.398 e. The molecule has 1 aromatic carbocycles. The highest BCUT2D eigenvalue weighted by molar-refractivity contribution is 5.99. The Morgan fingerprint density at radius 2 is 2.06 bits per heavy atom. The number of carbonyl (C=O) groups is 1. The van der Waals surface area contributed by atoms with E-state index in [1.54, 1.807) is 6.92 Å². The van der Waals surface area contributed by atoms with Gasteiger partial charge in [0, 0.05) is 18.3 Å². The third-order valence-corrected chi connectivity index (χ3v) is 2.42. The Kier molecular flexibility index (Phi) is 5.03. The molecule has 1 aromatic rings. The molecule has 1 amide bonds. The maximum atomic E-state index is 13.0. The highest BCUT2D eigenvalue weighted by atomic mass is 19.2. The number of nitrogens with one attached hydrogen (secondary N) is 1. The molecule has 4 N–H and O–H groups in total. The van der Waals surface area contributed by atoms with Crippen molar-refractivity contribution in [3.63, 3.8) is 0 Å². The Morgan fingerprint density at radius 1 is 1.44 bits per heavy atom. The largest absolute Gasteiger partial charge is 0.398 e. The highest BCUT2D eigenvalue weighted by Crippen LogP contribution is 2.16. The van der Waals surface area contributed by atoms with Gasteiger partial charge in [-0.2, -0.15) is 0 Å². The van der Waals surface area contributed by atoms with Gasteiger partial charge in [0.25, 0.3) is 5.91 Å². The van der Waals surface area contributed by atoms with E-state index in [9.17, 15) is 13.6 Å². The van der Waals surface area contributed by atoms with Gasteiger partial charge < -0.3 is 16.2 Å². The summed E-state index contributed by atoms with van der Waals surface area (Å²) in [4.78, 5) is 11.6. The normalized spacial score (nSPS) is 12.2. The lowest BCUT2D eigenvalue weighted by molar-refractivity contribution is 0.0950. The first-order valence-corrected chi connectivity index (χ1v) is 5.62. The number of nitrogen functional groups attached to an aromatic ring is 1. The summed E-state index contributed by atoms with van der Waals surface area (Å²) in [6.45, 7) is 1.98. The topological polar surface area (TPSA) is 75.3 Å². The first-order valence-electron chi connectivity index (χ1n) is 5.62. The third-order valence-electron chi connectivity index (χ3n) is 2.42. The molecule has 0 aliphatic rings. The van der Waals surface area contributed by atoms with Crippen LogP contribution in [0.3, 0.4) is 0 Å². The van der Waals surface area contributed by atoms with Crippen LogP contribution in [-0.4, -0.2) is 23.7 Å². The SMILES string of the molecule is CC(O)CCCNC(=O)c1cc(F)c(F)cc1N. The van der Waals surface area contributed by atoms with Gasteiger partial charge in [-0.1, -0.05) is 0 Å². The van der Waals surface area contributed by atoms with Crippen molar-refractivity contribution in [3.05, 3.63) is 29.3 Å². The van der Waals surface area contributed by atoms with Crippen molar-refractivity contribution in [2.75, 3.05) is 12.3 Å². The molecule has 0 aromatic heterocycles. The number of aliphatic hydroxyl groups excluding tert-OH is 1. The number of hydrogen-bond donors (Lipinski definition) is 3. The average molecular weight is 258 g/mol. The minimum absolute atomic E-state index is 0.0917. The van der Waals surface area contributed by atoms with E-state index in [2.05, 4.69) is 5.32 Å². The van der Waals surface area contributed by atoms with E-state index in [1.807, 2.05) is 0 Å². The molecular formula is C12H16F2N2O2. The van der Waals surface area contributed by atoms with Crippen molar-refractivity contribution in [2.24, 2.45) is 0 Å². The van der Waals surface area contributed by atoms with Crippen LogP contribution in [0.4, 0.5) is 14.5 Å². The van der Waals surface area contributed by atoms with Crippen LogP contribution in [0.2, 0.25) is 0 Å². The molecule has 0 aliphatic carbocycles. The van der Waals surface area contributed by atoms with Gasteiger partial charge in [-0.25, -0.2) is 8.78 Å². The second-order valence-electron chi connectivity index (χ2n) is 4.10. The second-order valence-corrected chi connectivity index (χ2v) is 4.10. The lowest BCUT2D eigenvalue weighted by Gasteiger charge is -2.08. The van der Waals surface area contributed by atoms with Gasteiger partial charge in [0.05, 0.1) is 11.7 Å². The first-order chi connectivity index (χ1) is 8.41. The zero-order valence-electron chi connectivity index (χ0n) is 10.0. The van der Waals surface area contributed by atoms with Gasteiger partial charge in [0.15, 0.2) is 11.6 Å². The van der Waals surface area contributed by atoms with Crippen molar-refractivity contribution in [2.45, 2.75) is 25.9 Å². The summed E-state index contributed by atoms with van der Waals surface area (Å²) in [5, 5.41) is 11.5. The first kappa shape index (κ1) is 14.4. The van der Waals surface area contributed by atoms with Gasteiger partial charge in [-0.3, -0.25) is 4.79 Å². The molecule has 0 radical (unpaired) electrons. The monoisotopic (exact) mass is 258 g/mol. The zero-order chi connectivity index (χ0) is 13.7. The summed E-state index contributed by atoms with van der Waals surface area (Å²) in [6.07, 6.45) is 0.704. The fourth-order valence-electron chi connectivity index (χ4n) is 1.45. The number of benzene rings is 1.